The van der Waals surface area contributed by atoms with Gasteiger partial charge in [0.1, 0.15) is 29.1 Å². The number of halogens is 8. The maximum absolute atomic E-state index is 16.2. The fourth-order valence-electron chi connectivity index (χ4n) is 8.28. The highest BCUT2D eigenvalue weighted by Gasteiger charge is 2.69. The Balaban J connectivity index is 1.42. The fourth-order valence-corrected chi connectivity index (χ4v) is 9.02. The number of ether oxygens (including phenoxy) is 2. The van der Waals surface area contributed by atoms with Crippen LogP contribution in [-0.4, -0.2) is 74.8 Å². The number of aromatic nitrogens is 5. The third kappa shape index (κ3) is 7.87. The molecule has 4 N–H and O–H groups in total. The van der Waals surface area contributed by atoms with Crippen molar-refractivity contribution in [3.8, 4) is 23.0 Å². The van der Waals surface area contributed by atoms with Crippen molar-refractivity contribution in [2.45, 2.75) is 68.1 Å². The van der Waals surface area contributed by atoms with E-state index in [1.54, 1.807) is 13.8 Å². The SMILES string of the molecule is Cn1nc(NS(C)(=O)=O)c2c(Cl)ccc(-c3ccc(C#CC4(O)COC(C)(C)OC4)nc3[C@@H](Cc3cc(F)cc(F)c3)C(C(N)=O)n3nc(C(F)(F)F)c4c3C(F)(F)[C@@H]3C[C@H]43)c21. The highest BCUT2D eigenvalue weighted by molar-refractivity contribution is 7.92. The summed E-state index contributed by atoms with van der Waals surface area (Å²) in [5, 5.41) is 19.2. The summed E-state index contributed by atoms with van der Waals surface area (Å²) in [5.41, 5.74) is 0.244. The van der Waals surface area contributed by atoms with Gasteiger partial charge in [-0.1, -0.05) is 23.6 Å². The van der Waals surface area contributed by atoms with Gasteiger partial charge in [-0.3, -0.25) is 14.2 Å². The standard InChI is InChI=1S/C40H35ClF7N7O6S/c1-37(2)60-16-38(57,17-61-37)10-9-21-5-6-22(23-7-8-27(41)29-31(23)54(3)52-36(29)53-62(4,58)59)30(50-21)25(13-18-11-19(42)14-20(43)12-18)32(35(49)56)55-34-28(33(51-55)40(46,47)48)24-15-26(24)39(34,44)45/h5-8,11-12,14,24-26,32,57H,13,15-17H2,1-4H3,(H2,49,56)(H,52,53)/t24-,25+,26+,32?/m0/s1. The number of amides is 1. The number of hydrogen-bond donors (Lipinski definition) is 3. The molecule has 13 nitrogen and oxygen atoms in total. The van der Waals surface area contributed by atoms with E-state index >= 15 is 8.78 Å². The third-order valence-electron chi connectivity index (χ3n) is 11.0. The summed E-state index contributed by atoms with van der Waals surface area (Å²) in [7, 11) is -2.49. The van der Waals surface area contributed by atoms with E-state index in [0.29, 0.717) is 6.07 Å². The molecule has 0 bridgehead atoms. The Hall–Kier alpha value is -5.27. The van der Waals surface area contributed by atoms with Crippen molar-refractivity contribution in [1.82, 2.24) is 24.5 Å². The van der Waals surface area contributed by atoms with Gasteiger partial charge in [-0.25, -0.2) is 26.9 Å². The van der Waals surface area contributed by atoms with Gasteiger partial charge >= 0.3 is 6.18 Å². The Kier molecular flexibility index (Phi) is 10.3. The van der Waals surface area contributed by atoms with Gasteiger partial charge < -0.3 is 20.3 Å². The summed E-state index contributed by atoms with van der Waals surface area (Å²) >= 11 is 6.61. The van der Waals surface area contributed by atoms with Crippen LogP contribution in [0.2, 0.25) is 5.02 Å². The summed E-state index contributed by atoms with van der Waals surface area (Å²) in [5.74, 6) is -7.91. The molecule has 1 saturated carbocycles. The molecule has 2 aliphatic carbocycles. The molecule has 2 aromatic carbocycles. The third-order valence-corrected chi connectivity index (χ3v) is 11.9. The average molecular weight is 910 g/mol. The van der Waals surface area contributed by atoms with Crippen LogP contribution >= 0.6 is 11.6 Å². The number of hydrogen-bond acceptors (Lipinski definition) is 9. The minimum Gasteiger partial charge on any atom is -0.373 e. The number of rotatable bonds is 9. The van der Waals surface area contributed by atoms with Crippen molar-refractivity contribution in [2.75, 3.05) is 24.2 Å². The first-order valence-corrected chi connectivity index (χ1v) is 21.0. The van der Waals surface area contributed by atoms with E-state index in [-0.39, 0.29) is 74.1 Å². The van der Waals surface area contributed by atoms with Gasteiger partial charge in [-0.15, -0.1) is 0 Å². The molecule has 3 aliphatic rings. The molecule has 1 unspecified atom stereocenters. The first-order chi connectivity index (χ1) is 28.8. The Morgan fingerprint density at radius 3 is 2.34 bits per heavy atom. The second-order valence-electron chi connectivity index (χ2n) is 16.1. The first-order valence-electron chi connectivity index (χ1n) is 18.8. The largest absolute Gasteiger partial charge is 0.435 e. The lowest BCUT2D eigenvalue weighted by Gasteiger charge is -2.37. The Morgan fingerprint density at radius 1 is 1.08 bits per heavy atom. The van der Waals surface area contributed by atoms with Gasteiger partial charge in [0.2, 0.25) is 15.9 Å². The molecule has 2 fully saturated rings. The number of fused-ring (bicyclic) bond motifs is 4. The lowest BCUT2D eigenvalue weighted by Crippen LogP contribution is -2.50. The summed E-state index contributed by atoms with van der Waals surface area (Å²) in [6.45, 7) is 2.64. The first kappa shape index (κ1) is 43.4. The zero-order chi connectivity index (χ0) is 45.1. The molecule has 0 radical (unpaired) electrons. The molecule has 8 rings (SSSR count). The summed E-state index contributed by atoms with van der Waals surface area (Å²) in [6.07, 6.45) is -5.30. The quantitative estimate of drug-likeness (QED) is 0.114. The summed E-state index contributed by atoms with van der Waals surface area (Å²) < 4.78 is 146. The van der Waals surface area contributed by atoms with Crippen molar-refractivity contribution in [3.05, 3.63) is 93.0 Å². The van der Waals surface area contributed by atoms with Crippen LogP contribution < -0.4 is 10.5 Å². The molecule has 0 spiro atoms. The number of anilines is 1. The normalized spacial score (nSPS) is 20.8. The predicted octanol–water partition coefficient (Wildman–Crippen LogP) is 6.28. The molecule has 3 aromatic heterocycles. The maximum Gasteiger partial charge on any atom is 0.435 e. The van der Waals surface area contributed by atoms with Gasteiger partial charge in [0, 0.05) is 41.6 Å². The zero-order valence-electron chi connectivity index (χ0n) is 32.9. The molecular formula is C40H35ClF7N7O6S. The molecule has 4 heterocycles. The molecule has 5 aromatic rings. The lowest BCUT2D eigenvalue weighted by atomic mass is 9.84. The molecule has 328 valence electrons. The highest BCUT2D eigenvalue weighted by atomic mass is 35.5. The number of aryl methyl sites for hydroxylation is 1. The predicted molar refractivity (Wildman–Crippen MR) is 208 cm³/mol. The molecule has 62 heavy (non-hydrogen) atoms. The van der Waals surface area contributed by atoms with Gasteiger partial charge in [0.25, 0.3) is 5.92 Å². The minimum atomic E-state index is -5.25. The number of alkyl halides is 5. The smallest absolute Gasteiger partial charge is 0.373 e. The van der Waals surface area contributed by atoms with E-state index < -0.39 is 98.2 Å². The minimum absolute atomic E-state index is 0.0164. The molecule has 1 aliphatic heterocycles. The van der Waals surface area contributed by atoms with Gasteiger partial charge in [-0.05, 0) is 74.4 Å². The number of aliphatic hydroxyl groups is 1. The van der Waals surface area contributed by atoms with Crippen LogP contribution in [0.5, 0.6) is 0 Å². The fraction of sp³-hybridized carbons (Fsp3) is 0.400. The van der Waals surface area contributed by atoms with Crippen molar-refractivity contribution >= 4 is 44.3 Å². The molecule has 22 heteroatoms. The number of nitrogens with two attached hydrogens (primary N) is 1. The number of benzene rings is 2. The van der Waals surface area contributed by atoms with E-state index in [1.807, 2.05) is 0 Å². The van der Waals surface area contributed by atoms with E-state index in [0.717, 1.165) is 18.4 Å². The molecular weight excluding hydrogens is 875 g/mol. The van der Waals surface area contributed by atoms with Crippen LogP contribution in [0.3, 0.4) is 0 Å². The van der Waals surface area contributed by atoms with Crippen LogP contribution in [0.1, 0.15) is 72.0 Å². The number of nitrogens with one attached hydrogen (secondary N) is 1. The average Bonchev–Trinajstić information content (AvgIpc) is 3.68. The zero-order valence-corrected chi connectivity index (χ0v) is 34.5. The van der Waals surface area contributed by atoms with Crippen molar-refractivity contribution < 1.29 is 58.5 Å². The maximum atomic E-state index is 16.2. The van der Waals surface area contributed by atoms with E-state index in [1.165, 1.54) is 36.0 Å². The number of nitrogens with zero attached hydrogens (tertiary/aromatic N) is 5. The molecule has 1 amide bonds. The summed E-state index contributed by atoms with van der Waals surface area (Å²) in [6, 6.07) is 5.65. The number of primary amides is 1. The van der Waals surface area contributed by atoms with E-state index in [4.69, 9.17) is 31.8 Å². The number of sulfonamides is 1. The molecule has 4 atom stereocenters. The monoisotopic (exact) mass is 909 g/mol. The van der Waals surface area contributed by atoms with Crippen molar-refractivity contribution in [3.63, 3.8) is 0 Å². The van der Waals surface area contributed by atoms with Crippen LogP contribution in [0.25, 0.3) is 22.0 Å². The lowest BCUT2D eigenvalue weighted by molar-refractivity contribution is -0.288. The second kappa shape index (κ2) is 14.7. The topological polar surface area (TPSA) is 176 Å². The Labute approximate surface area is 353 Å². The number of carbonyl (C=O) groups is 1. The number of pyridine rings is 1. The van der Waals surface area contributed by atoms with Gasteiger partial charge in [0.05, 0.1) is 41.1 Å². The summed E-state index contributed by atoms with van der Waals surface area (Å²) in [4.78, 5) is 18.6. The van der Waals surface area contributed by atoms with Gasteiger partial charge in [-0.2, -0.15) is 32.1 Å². The highest BCUT2D eigenvalue weighted by Crippen LogP contribution is 2.69. The van der Waals surface area contributed by atoms with Gasteiger partial charge in [0.15, 0.2) is 22.9 Å². The van der Waals surface area contributed by atoms with Crippen LogP contribution in [0, 0.1) is 29.4 Å². The van der Waals surface area contributed by atoms with Crippen LogP contribution in [-0.2, 0) is 49.9 Å². The van der Waals surface area contributed by atoms with Crippen molar-refractivity contribution in [1.29, 1.82) is 0 Å². The number of carbonyl (C=O) groups excluding carboxylic acids is 1. The second-order valence-corrected chi connectivity index (χ2v) is 18.3. The van der Waals surface area contributed by atoms with Crippen LogP contribution in [0.15, 0.2) is 42.5 Å². The van der Waals surface area contributed by atoms with E-state index in [9.17, 15) is 40.3 Å². The Morgan fingerprint density at radius 2 is 1.73 bits per heavy atom. The van der Waals surface area contributed by atoms with E-state index in [2.05, 4.69) is 26.8 Å². The van der Waals surface area contributed by atoms with Crippen LogP contribution in [0.4, 0.5) is 36.6 Å². The Bertz CT molecular complexity index is 2840. The van der Waals surface area contributed by atoms with Crippen molar-refractivity contribution in [2.24, 2.45) is 18.7 Å². The molecule has 1 saturated heterocycles.